The summed E-state index contributed by atoms with van der Waals surface area (Å²) >= 11 is 0. The predicted octanol–water partition coefficient (Wildman–Crippen LogP) is 4.58. The van der Waals surface area contributed by atoms with Gasteiger partial charge in [-0.05, 0) is 54.5 Å². The van der Waals surface area contributed by atoms with Crippen LogP contribution in [-0.2, 0) is 14.9 Å². The van der Waals surface area contributed by atoms with Gasteiger partial charge in [-0.1, -0.05) is 44.2 Å². The Hall–Kier alpha value is -2.40. The van der Waals surface area contributed by atoms with Gasteiger partial charge in [-0.25, -0.2) is 4.39 Å². The van der Waals surface area contributed by atoms with E-state index in [1.54, 1.807) is 0 Å². The van der Waals surface area contributed by atoms with Crippen molar-refractivity contribution in [1.29, 1.82) is 0 Å². The molecule has 1 heterocycles. The lowest BCUT2D eigenvalue weighted by molar-refractivity contribution is -0.123. The van der Waals surface area contributed by atoms with Crippen molar-refractivity contribution >= 4 is 5.91 Å². The quantitative estimate of drug-likeness (QED) is 0.707. The summed E-state index contributed by atoms with van der Waals surface area (Å²) < 4.78 is 24.7. The molecule has 0 saturated carbocycles. The van der Waals surface area contributed by atoms with E-state index in [0.717, 1.165) is 36.1 Å². The van der Waals surface area contributed by atoms with Crippen molar-refractivity contribution in [2.75, 3.05) is 26.4 Å². The van der Waals surface area contributed by atoms with Gasteiger partial charge in [0.15, 0.2) is 6.61 Å². The monoisotopic (exact) mass is 399 g/mol. The van der Waals surface area contributed by atoms with Crippen molar-refractivity contribution < 1.29 is 18.7 Å². The van der Waals surface area contributed by atoms with Crippen molar-refractivity contribution in [2.24, 2.45) is 0 Å². The number of nitrogens with one attached hydrogen (secondary N) is 1. The number of benzene rings is 2. The molecule has 1 atom stereocenters. The molecule has 0 aliphatic carbocycles. The number of ether oxygens (including phenoxy) is 2. The standard InChI is InChI=1S/C24H30FNO3/c1-3-18(2)21-6-4-5-7-22(21)29-16-23(27)26-17-24(12-14-28-15-13-24)19-8-10-20(25)11-9-19/h4-11,18H,3,12-17H2,1-2H3,(H,26,27). The Kier molecular flexibility index (Phi) is 7.26. The maximum absolute atomic E-state index is 13.4. The third kappa shape index (κ3) is 5.36. The minimum Gasteiger partial charge on any atom is -0.483 e. The fourth-order valence-electron chi connectivity index (χ4n) is 3.83. The Labute approximate surface area is 172 Å². The number of carbonyl (C=O) groups is 1. The molecule has 4 nitrogen and oxygen atoms in total. The van der Waals surface area contributed by atoms with Crippen LogP contribution in [0.1, 0.15) is 50.2 Å². The van der Waals surface area contributed by atoms with E-state index in [2.05, 4.69) is 19.2 Å². The molecule has 156 valence electrons. The lowest BCUT2D eigenvalue weighted by Gasteiger charge is -2.38. The van der Waals surface area contributed by atoms with Gasteiger partial charge in [0.25, 0.3) is 5.91 Å². The highest BCUT2D eigenvalue weighted by molar-refractivity contribution is 5.77. The van der Waals surface area contributed by atoms with Gasteiger partial charge in [-0.3, -0.25) is 4.79 Å². The van der Waals surface area contributed by atoms with E-state index in [4.69, 9.17) is 9.47 Å². The molecule has 29 heavy (non-hydrogen) atoms. The van der Waals surface area contributed by atoms with E-state index < -0.39 is 0 Å². The summed E-state index contributed by atoms with van der Waals surface area (Å²) in [6.45, 7) is 6.01. The van der Waals surface area contributed by atoms with Crippen molar-refractivity contribution in [3.63, 3.8) is 0 Å². The molecule has 3 rings (SSSR count). The van der Waals surface area contributed by atoms with Gasteiger partial charge in [-0.2, -0.15) is 0 Å². The smallest absolute Gasteiger partial charge is 0.257 e. The van der Waals surface area contributed by atoms with Crippen LogP contribution in [-0.4, -0.2) is 32.3 Å². The molecule has 1 N–H and O–H groups in total. The van der Waals surface area contributed by atoms with Crippen LogP contribution in [0.3, 0.4) is 0 Å². The average molecular weight is 400 g/mol. The van der Waals surface area contributed by atoms with Crippen molar-refractivity contribution in [3.05, 3.63) is 65.5 Å². The number of para-hydroxylation sites is 1. The number of halogens is 1. The van der Waals surface area contributed by atoms with Gasteiger partial charge in [0, 0.05) is 25.2 Å². The Morgan fingerprint density at radius 3 is 2.55 bits per heavy atom. The van der Waals surface area contributed by atoms with Crippen LogP contribution in [0.15, 0.2) is 48.5 Å². The second-order valence-electron chi connectivity index (χ2n) is 7.81. The zero-order valence-electron chi connectivity index (χ0n) is 17.2. The predicted molar refractivity (Wildman–Crippen MR) is 112 cm³/mol. The summed E-state index contributed by atoms with van der Waals surface area (Å²) in [6.07, 6.45) is 2.59. The molecule has 1 saturated heterocycles. The summed E-state index contributed by atoms with van der Waals surface area (Å²) in [5, 5.41) is 3.03. The van der Waals surface area contributed by atoms with Crippen LogP contribution in [0.25, 0.3) is 0 Å². The number of rotatable bonds is 8. The summed E-state index contributed by atoms with van der Waals surface area (Å²) in [7, 11) is 0. The molecule has 1 aliphatic rings. The first kappa shape index (κ1) is 21.3. The number of hydrogen-bond acceptors (Lipinski definition) is 3. The second kappa shape index (κ2) is 9.88. The van der Waals surface area contributed by atoms with Gasteiger partial charge >= 0.3 is 0 Å². The average Bonchev–Trinajstić information content (AvgIpc) is 2.77. The minimum atomic E-state index is -0.256. The third-order valence-electron chi connectivity index (χ3n) is 5.95. The summed E-state index contributed by atoms with van der Waals surface area (Å²) in [4.78, 5) is 12.5. The summed E-state index contributed by atoms with van der Waals surface area (Å²) in [6, 6.07) is 14.4. The molecule has 1 aliphatic heterocycles. The molecule has 1 unspecified atom stereocenters. The molecule has 2 aromatic carbocycles. The second-order valence-corrected chi connectivity index (χ2v) is 7.81. The minimum absolute atomic E-state index is 0.0244. The van der Waals surface area contributed by atoms with Crippen LogP contribution in [0.5, 0.6) is 5.75 Å². The highest BCUT2D eigenvalue weighted by Crippen LogP contribution is 2.34. The van der Waals surface area contributed by atoms with Crippen molar-refractivity contribution in [3.8, 4) is 5.75 Å². The first-order chi connectivity index (χ1) is 14.0. The van der Waals surface area contributed by atoms with E-state index in [0.29, 0.717) is 25.7 Å². The Morgan fingerprint density at radius 1 is 1.17 bits per heavy atom. The molecular weight excluding hydrogens is 369 g/mol. The molecule has 0 spiro atoms. The Balaban J connectivity index is 1.62. The highest BCUT2D eigenvalue weighted by atomic mass is 19.1. The molecule has 5 heteroatoms. The maximum Gasteiger partial charge on any atom is 0.257 e. The van der Waals surface area contributed by atoms with Gasteiger partial charge in [0.05, 0.1) is 0 Å². The van der Waals surface area contributed by atoms with Gasteiger partial charge in [0.1, 0.15) is 11.6 Å². The zero-order valence-corrected chi connectivity index (χ0v) is 17.2. The van der Waals surface area contributed by atoms with E-state index >= 15 is 0 Å². The van der Waals surface area contributed by atoms with Crippen molar-refractivity contribution in [1.82, 2.24) is 5.32 Å². The fraction of sp³-hybridized carbons (Fsp3) is 0.458. The van der Waals surface area contributed by atoms with E-state index in [1.807, 2.05) is 36.4 Å². The van der Waals surface area contributed by atoms with Gasteiger partial charge in [-0.15, -0.1) is 0 Å². The van der Waals surface area contributed by atoms with E-state index in [9.17, 15) is 9.18 Å². The highest BCUT2D eigenvalue weighted by Gasteiger charge is 2.34. The number of amides is 1. The Bertz CT molecular complexity index is 800. The topological polar surface area (TPSA) is 47.6 Å². The van der Waals surface area contributed by atoms with Crippen LogP contribution in [0.4, 0.5) is 4.39 Å². The fourth-order valence-corrected chi connectivity index (χ4v) is 3.83. The maximum atomic E-state index is 13.4. The molecular formula is C24H30FNO3. The van der Waals surface area contributed by atoms with Crippen LogP contribution in [0, 0.1) is 5.82 Å². The SMILES string of the molecule is CCC(C)c1ccccc1OCC(=O)NCC1(c2ccc(F)cc2)CCOCC1. The first-order valence-electron chi connectivity index (χ1n) is 10.4. The first-order valence-corrected chi connectivity index (χ1v) is 10.4. The Morgan fingerprint density at radius 2 is 1.86 bits per heavy atom. The molecule has 2 aromatic rings. The normalized spacial score (nSPS) is 16.8. The number of hydrogen-bond donors (Lipinski definition) is 1. The number of carbonyl (C=O) groups excluding carboxylic acids is 1. The summed E-state index contributed by atoms with van der Waals surface area (Å²) in [5.41, 5.74) is 1.91. The largest absolute Gasteiger partial charge is 0.483 e. The van der Waals surface area contributed by atoms with Crippen LogP contribution >= 0.6 is 0 Å². The van der Waals surface area contributed by atoms with Crippen molar-refractivity contribution in [2.45, 2.75) is 44.4 Å². The van der Waals surface area contributed by atoms with E-state index in [1.165, 1.54) is 12.1 Å². The lowest BCUT2D eigenvalue weighted by atomic mass is 9.74. The van der Waals surface area contributed by atoms with Gasteiger partial charge < -0.3 is 14.8 Å². The molecule has 0 bridgehead atoms. The molecule has 0 radical (unpaired) electrons. The zero-order chi connectivity index (χ0) is 20.7. The molecule has 1 fully saturated rings. The summed E-state index contributed by atoms with van der Waals surface area (Å²) in [5.74, 6) is 0.722. The third-order valence-corrected chi connectivity index (χ3v) is 5.95. The van der Waals surface area contributed by atoms with Crippen LogP contribution in [0.2, 0.25) is 0 Å². The lowest BCUT2D eigenvalue weighted by Crippen LogP contribution is -2.45. The van der Waals surface area contributed by atoms with Crippen LogP contribution < -0.4 is 10.1 Å². The van der Waals surface area contributed by atoms with Gasteiger partial charge in [0.2, 0.25) is 0 Å². The molecule has 1 amide bonds. The molecule has 0 aromatic heterocycles. The van der Waals surface area contributed by atoms with E-state index in [-0.39, 0.29) is 23.7 Å².